The van der Waals surface area contributed by atoms with Crippen molar-refractivity contribution in [1.82, 2.24) is 9.80 Å². The van der Waals surface area contributed by atoms with Crippen LogP contribution in [0.5, 0.6) is 5.75 Å². The number of ketones is 1. The molecule has 3 aromatic carbocycles. The second-order valence-corrected chi connectivity index (χ2v) is 8.95. The number of rotatable bonds is 8. The number of amides is 1. The van der Waals surface area contributed by atoms with Gasteiger partial charge in [-0.25, -0.2) is 0 Å². The van der Waals surface area contributed by atoms with Crippen LogP contribution in [0.4, 0.5) is 0 Å². The maximum atomic E-state index is 13.1. The molecule has 1 unspecified atom stereocenters. The number of aryl methyl sites for hydroxylation is 1. The van der Waals surface area contributed by atoms with Gasteiger partial charge in [-0.2, -0.15) is 0 Å². The van der Waals surface area contributed by atoms with Crippen LogP contribution < -0.4 is 4.74 Å². The van der Waals surface area contributed by atoms with E-state index in [0.29, 0.717) is 31.0 Å². The van der Waals surface area contributed by atoms with Gasteiger partial charge in [-0.05, 0) is 62.0 Å². The molecule has 1 aliphatic heterocycles. The second-order valence-electron chi connectivity index (χ2n) is 8.95. The molecule has 1 saturated heterocycles. The molecule has 35 heavy (non-hydrogen) atoms. The van der Waals surface area contributed by atoms with Crippen LogP contribution in [0.15, 0.2) is 84.4 Å². The maximum Gasteiger partial charge on any atom is 0.295 e. The van der Waals surface area contributed by atoms with Crippen LogP contribution in [-0.4, -0.2) is 53.8 Å². The molecule has 6 heteroatoms. The number of carbonyl (C=O) groups is 2. The van der Waals surface area contributed by atoms with Crippen LogP contribution in [0.2, 0.25) is 0 Å². The topological polar surface area (TPSA) is 70.1 Å². The van der Waals surface area contributed by atoms with Crippen molar-refractivity contribution in [1.29, 1.82) is 0 Å². The van der Waals surface area contributed by atoms with Crippen LogP contribution in [-0.2, 0) is 16.2 Å². The third-order valence-corrected chi connectivity index (χ3v) is 6.23. The van der Waals surface area contributed by atoms with E-state index in [0.717, 1.165) is 16.7 Å². The molecule has 0 saturated carbocycles. The van der Waals surface area contributed by atoms with E-state index in [1.807, 2.05) is 80.5 Å². The van der Waals surface area contributed by atoms with Gasteiger partial charge in [0.2, 0.25) is 0 Å². The number of carbonyl (C=O) groups excluding carboxylic acids is 2. The summed E-state index contributed by atoms with van der Waals surface area (Å²) in [6.45, 7) is 3.45. The minimum Gasteiger partial charge on any atom is -0.507 e. The molecule has 1 fully saturated rings. The van der Waals surface area contributed by atoms with E-state index in [1.165, 1.54) is 0 Å². The summed E-state index contributed by atoms with van der Waals surface area (Å²) in [5.74, 6) is -0.804. The Balaban J connectivity index is 1.63. The first-order valence-corrected chi connectivity index (χ1v) is 11.6. The minimum atomic E-state index is -0.671. The number of hydrogen-bond donors (Lipinski definition) is 1. The lowest BCUT2D eigenvalue weighted by Gasteiger charge is -2.26. The summed E-state index contributed by atoms with van der Waals surface area (Å²) in [7, 11) is 3.83. The van der Waals surface area contributed by atoms with Crippen molar-refractivity contribution in [2.75, 3.05) is 27.2 Å². The van der Waals surface area contributed by atoms with Crippen molar-refractivity contribution in [2.24, 2.45) is 0 Å². The Bertz CT molecular complexity index is 1230. The summed E-state index contributed by atoms with van der Waals surface area (Å²) in [5, 5.41) is 11.2. The highest BCUT2D eigenvalue weighted by Crippen LogP contribution is 2.39. The van der Waals surface area contributed by atoms with Crippen LogP contribution in [0, 0.1) is 6.92 Å². The Hall–Kier alpha value is -3.90. The largest absolute Gasteiger partial charge is 0.507 e. The number of nitrogens with zero attached hydrogens (tertiary/aromatic N) is 2. The third kappa shape index (κ3) is 5.28. The zero-order valence-electron chi connectivity index (χ0n) is 20.3. The van der Waals surface area contributed by atoms with Crippen molar-refractivity contribution < 1.29 is 19.4 Å². The average molecular weight is 471 g/mol. The SMILES string of the molecule is Cc1ccccc1COc1ccc(C(O)=C2C(=O)C(=O)N(CCN(C)C)C2c2ccccc2)cc1. The molecule has 1 heterocycles. The van der Waals surface area contributed by atoms with Crippen LogP contribution in [0.3, 0.4) is 0 Å². The van der Waals surface area contributed by atoms with Crippen molar-refractivity contribution in [2.45, 2.75) is 19.6 Å². The molecule has 1 amide bonds. The molecule has 0 bridgehead atoms. The van der Waals surface area contributed by atoms with Gasteiger partial charge >= 0.3 is 0 Å². The van der Waals surface area contributed by atoms with E-state index in [2.05, 4.69) is 0 Å². The Labute approximate surface area is 206 Å². The molecule has 3 aromatic rings. The van der Waals surface area contributed by atoms with Gasteiger partial charge in [-0.3, -0.25) is 9.59 Å². The average Bonchev–Trinajstić information content (AvgIpc) is 3.12. The van der Waals surface area contributed by atoms with E-state index in [9.17, 15) is 14.7 Å². The molecular formula is C29H30N2O4. The highest BCUT2D eigenvalue weighted by atomic mass is 16.5. The van der Waals surface area contributed by atoms with Gasteiger partial charge in [0, 0.05) is 18.7 Å². The lowest BCUT2D eigenvalue weighted by atomic mass is 9.95. The Morgan fingerprint density at radius 3 is 2.26 bits per heavy atom. The van der Waals surface area contributed by atoms with Gasteiger partial charge in [-0.1, -0.05) is 54.6 Å². The highest BCUT2D eigenvalue weighted by molar-refractivity contribution is 6.46. The number of hydrogen-bond acceptors (Lipinski definition) is 5. The summed E-state index contributed by atoms with van der Waals surface area (Å²) in [5.41, 5.74) is 3.60. The lowest BCUT2D eigenvalue weighted by Crippen LogP contribution is -2.35. The van der Waals surface area contributed by atoms with E-state index >= 15 is 0 Å². The molecule has 0 spiro atoms. The first-order valence-electron chi connectivity index (χ1n) is 11.6. The molecule has 4 rings (SSSR count). The molecule has 6 nitrogen and oxygen atoms in total. The van der Waals surface area contributed by atoms with Crippen molar-refractivity contribution in [3.63, 3.8) is 0 Å². The number of likely N-dealkylation sites (tertiary alicyclic amines) is 1. The zero-order valence-corrected chi connectivity index (χ0v) is 20.3. The summed E-state index contributed by atoms with van der Waals surface area (Å²) >= 11 is 0. The summed E-state index contributed by atoms with van der Waals surface area (Å²) < 4.78 is 5.90. The van der Waals surface area contributed by atoms with Crippen molar-refractivity contribution in [3.05, 3.63) is 107 Å². The van der Waals surface area contributed by atoms with E-state index in [4.69, 9.17) is 4.74 Å². The van der Waals surface area contributed by atoms with Gasteiger partial charge in [0.25, 0.3) is 11.7 Å². The predicted octanol–water partition coefficient (Wildman–Crippen LogP) is 4.56. The molecule has 1 aliphatic rings. The minimum absolute atomic E-state index is 0.105. The molecule has 0 aromatic heterocycles. The number of aliphatic hydroxyl groups is 1. The summed E-state index contributed by atoms with van der Waals surface area (Å²) in [4.78, 5) is 29.5. The van der Waals surface area contributed by atoms with Gasteiger partial charge in [-0.15, -0.1) is 0 Å². The Morgan fingerprint density at radius 2 is 1.60 bits per heavy atom. The first-order chi connectivity index (χ1) is 16.9. The van der Waals surface area contributed by atoms with Crippen molar-refractivity contribution in [3.8, 4) is 5.75 Å². The van der Waals surface area contributed by atoms with Gasteiger partial charge in [0.1, 0.15) is 18.1 Å². The van der Waals surface area contributed by atoms with Crippen LogP contribution >= 0.6 is 0 Å². The van der Waals surface area contributed by atoms with Crippen molar-refractivity contribution >= 4 is 17.4 Å². The number of likely N-dealkylation sites (N-methyl/N-ethyl adjacent to an activating group) is 1. The maximum absolute atomic E-state index is 13.1. The molecule has 1 N–H and O–H groups in total. The second kappa shape index (κ2) is 10.6. The molecule has 0 aliphatic carbocycles. The number of aliphatic hydroxyl groups excluding tert-OH is 1. The molecule has 0 radical (unpaired) electrons. The fourth-order valence-corrected chi connectivity index (χ4v) is 4.20. The first kappa shape index (κ1) is 24.2. The van der Waals surface area contributed by atoms with Gasteiger partial charge in [0.05, 0.1) is 11.6 Å². The fourth-order valence-electron chi connectivity index (χ4n) is 4.20. The van der Waals surface area contributed by atoms with Gasteiger partial charge < -0.3 is 19.6 Å². The monoisotopic (exact) mass is 470 g/mol. The lowest BCUT2D eigenvalue weighted by molar-refractivity contribution is -0.140. The molecular weight excluding hydrogens is 440 g/mol. The van der Waals surface area contributed by atoms with E-state index in [-0.39, 0.29) is 11.3 Å². The van der Waals surface area contributed by atoms with Crippen LogP contribution in [0.1, 0.15) is 28.3 Å². The Morgan fingerprint density at radius 1 is 0.943 bits per heavy atom. The third-order valence-electron chi connectivity index (χ3n) is 6.23. The normalized spacial score (nSPS) is 17.3. The van der Waals surface area contributed by atoms with Gasteiger partial charge in [0.15, 0.2) is 0 Å². The predicted molar refractivity (Wildman–Crippen MR) is 136 cm³/mol. The number of benzene rings is 3. The van der Waals surface area contributed by atoms with E-state index < -0.39 is 17.7 Å². The summed E-state index contributed by atoms with van der Waals surface area (Å²) in [6, 6.07) is 23.7. The fraction of sp³-hybridized carbons (Fsp3) is 0.241. The quantitative estimate of drug-likeness (QED) is 0.297. The molecule has 1 atom stereocenters. The standard InChI is InChI=1S/C29H30N2O4/c1-20-9-7-8-12-23(20)19-35-24-15-13-22(14-16-24)27(32)25-26(21-10-5-4-6-11-21)31(18-17-30(2)3)29(34)28(25)33/h4-16,26,32H,17-19H2,1-3H3. The summed E-state index contributed by atoms with van der Waals surface area (Å²) in [6.07, 6.45) is 0. The number of Topliss-reactive ketones (excluding diaryl/α,β-unsaturated/α-hetero) is 1. The zero-order chi connectivity index (χ0) is 24.9. The van der Waals surface area contributed by atoms with Crippen LogP contribution in [0.25, 0.3) is 5.76 Å². The number of ether oxygens (including phenoxy) is 1. The Kier molecular flexibility index (Phi) is 7.32. The molecule has 180 valence electrons. The highest BCUT2D eigenvalue weighted by Gasteiger charge is 2.45. The smallest absolute Gasteiger partial charge is 0.295 e. The van der Waals surface area contributed by atoms with E-state index in [1.54, 1.807) is 29.2 Å².